The molecule has 118 valence electrons. The molecule has 0 unspecified atom stereocenters. The molecule has 0 aliphatic heterocycles. The van der Waals surface area contributed by atoms with Crippen molar-refractivity contribution < 1.29 is 9.50 Å². The summed E-state index contributed by atoms with van der Waals surface area (Å²) >= 11 is 0. The Morgan fingerprint density at radius 3 is 2.91 bits per heavy atom. The van der Waals surface area contributed by atoms with Crippen molar-refractivity contribution >= 4 is 10.9 Å². The standard InChI is InChI=1S/C17H16FN3O2/c18-11-4-5-14-13(7-11)16(22)8-12(21-14)9-19-10-17(23)15-3-1-2-6-20-15/h1-8,17,19,23H,9-10H2,(H,21,22)/t17-/m1/s1. The molecule has 2 aromatic heterocycles. The second-order valence-corrected chi connectivity index (χ2v) is 5.25. The molecular formula is C17H16FN3O2. The minimum absolute atomic E-state index is 0.236. The zero-order chi connectivity index (χ0) is 16.2. The van der Waals surface area contributed by atoms with Gasteiger partial charge in [-0.3, -0.25) is 9.78 Å². The number of aliphatic hydroxyl groups is 1. The van der Waals surface area contributed by atoms with E-state index < -0.39 is 11.9 Å². The summed E-state index contributed by atoms with van der Waals surface area (Å²) in [5.41, 5.74) is 1.60. The van der Waals surface area contributed by atoms with Crippen molar-refractivity contribution in [3.8, 4) is 0 Å². The van der Waals surface area contributed by atoms with E-state index >= 15 is 0 Å². The van der Waals surface area contributed by atoms with Gasteiger partial charge in [0.1, 0.15) is 11.9 Å². The number of aliphatic hydroxyl groups excluding tert-OH is 1. The first-order valence-corrected chi connectivity index (χ1v) is 7.24. The van der Waals surface area contributed by atoms with Gasteiger partial charge in [-0.1, -0.05) is 6.07 Å². The Balaban J connectivity index is 1.68. The lowest BCUT2D eigenvalue weighted by molar-refractivity contribution is 0.169. The third-order valence-electron chi connectivity index (χ3n) is 3.53. The molecule has 3 aromatic rings. The fourth-order valence-corrected chi connectivity index (χ4v) is 2.39. The third kappa shape index (κ3) is 3.61. The number of pyridine rings is 2. The van der Waals surface area contributed by atoms with E-state index in [1.54, 1.807) is 18.3 Å². The molecule has 3 N–H and O–H groups in total. The molecule has 23 heavy (non-hydrogen) atoms. The number of nitrogens with one attached hydrogen (secondary N) is 2. The highest BCUT2D eigenvalue weighted by atomic mass is 19.1. The fraction of sp³-hybridized carbons (Fsp3) is 0.176. The van der Waals surface area contributed by atoms with Crippen LogP contribution >= 0.6 is 0 Å². The van der Waals surface area contributed by atoms with Crippen LogP contribution in [0.1, 0.15) is 17.5 Å². The van der Waals surface area contributed by atoms with Gasteiger partial charge in [-0.2, -0.15) is 0 Å². The second-order valence-electron chi connectivity index (χ2n) is 5.25. The van der Waals surface area contributed by atoms with E-state index in [1.807, 2.05) is 6.07 Å². The van der Waals surface area contributed by atoms with Crippen molar-refractivity contribution in [2.24, 2.45) is 0 Å². The Morgan fingerprint density at radius 1 is 1.26 bits per heavy atom. The maximum Gasteiger partial charge on any atom is 0.189 e. The van der Waals surface area contributed by atoms with Crippen LogP contribution in [0.2, 0.25) is 0 Å². The minimum atomic E-state index is -0.725. The summed E-state index contributed by atoms with van der Waals surface area (Å²) in [4.78, 5) is 19.2. The second kappa shape index (κ2) is 6.68. The number of benzene rings is 1. The highest BCUT2D eigenvalue weighted by Gasteiger charge is 2.08. The number of fused-ring (bicyclic) bond motifs is 1. The van der Waals surface area contributed by atoms with Crippen molar-refractivity contribution in [3.05, 3.63) is 76.1 Å². The normalized spacial score (nSPS) is 12.4. The molecule has 0 aliphatic carbocycles. The van der Waals surface area contributed by atoms with Gasteiger partial charge in [0.05, 0.1) is 5.69 Å². The van der Waals surface area contributed by atoms with Gasteiger partial charge >= 0.3 is 0 Å². The Hall–Kier alpha value is -2.57. The lowest BCUT2D eigenvalue weighted by atomic mass is 10.2. The highest BCUT2D eigenvalue weighted by molar-refractivity contribution is 5.78. The summed E-state index contributed by atoms with van der Waals surface area (Å²) in [7, 11) is 0. The quantitative estimate of drug-likeness (QED) is 0.672. The van der Waals surface area contributed by atoms with Crippen molar-refractivity contribution in [1.29, 1.82) is 0 Å². The molecule has 0 saturated carbocycles. The molecular weight excluding hydrogens is 297 g/mol. The molecule has 6 heteroatoms. The smallest absolute Gasteiger partial charge is 0.189 e. The number of hydrogen-bond acceptors (Lipinski definition) is 4. The first-order chi connectivity index (χ1) is 11.1. The maximum absolute atomic E-state index is 13.2. The molecule has 0 spiro atoms. The average Bonchev–Trinajstić information content (AvgIpc) is 2.56. The van der Waals surface area contributed by atoms with Crippen molar-refractivity contribution in [2.45, 2.75) is 12.6 Å². The van der Waals surface area contributed by atoms with Crippen LogP contribution in [0.15, 0.2) is 53.5 Å². The van der Waals surface area contributed by atoms with Crippen LogP contribution in [0.5, 0.6) is 0 Å². The SMILES string of the molecule is O=c1cc(CNC[C@@H](O)c2ccccn2)[nH]c2ccc(F)cc12. The van der Waals surface area contributed by atoms with Crippen molar-refractivity contribution in [1.82, 2.24) is 15.3 Å². The molecule has 0 saturated heterocycles. The van der Waals surface area contributed by atoms with Gasteiger partial charge in [0.15, 0.2) is 5.43 Å². The monoisotopic (exact) mass is 313 g/mol. The van der Waals surface area contributed by atoms with E-state index in [1.165, 1.54) is 24.3 Å². The topological polar surface area (TPSA) is 78.0 Å². The van der Waals surface area contributed by atoms with Crippen LogP contribution in [-0.4, -0.2) is 21.6 Å². The Kier molecular flexibility index (Phi) is 4.45. The van der Waals surface area contributed by atoms with Gasteiger partial charge in [-0.05, 0) is 30.3 Å². The Labute approximate surface area is 131 Å². The predicted octanol–water partition coefficient (Wildman–Crippen LogP) is 1.89. The number of aromatic amines is 1. The van der Waals surface area contributed by atoms with E-state index in [4.69, 9.17) is 0 Å². The zero-order valence-corrected chi connectivity index (χ0v) is 12.3. The number of aromatic nitrogens is 2. The summed E-state index contributed by atoms with van der Waals surface area (Å²) < 4.78 is 13.2. The third-order valence-corrected chi connectivity index (χ3v) is 3.53. The van der Waals surface area contributed by atoms with E-state index in [0.717, 1.165) is 0 Å². The van der Waals surface area contributed by atoms with Gasteiger partial charge in [0.25, 0.3) is 0 Å². The zero-order valence-electron chi connectivity index (χ0n) is 12.3. The fourth-order valence-electron chi connectivity index (χ4n) is 2.39. The average molecular weight is 313 g/mol. The number of nitrogens with zero attached hydrogens (tertiary/aromatic N) is 1. The molecule has 1 aromatic carbocycles. The number of halogens is 1. The number of H-pyrrole nitrogens is 1. The molecule has 1 atom stereocenters. The van der Waals surface area contributed by atoms with Crippen LogP contribution < -0.4 is 10.7 Å². The highest BCUT2D eigenvalue weighted by Crippen LogP contribution is 2.11. The van der Waals surface area contributed by atoms with E-state index in [9.17, 15) is 14.3 Å². The summed E-state index contributed by atoms with van der Waals surface area (Å²) in [6, 6.07) is 10.8. The lowest BCUT2D eigenvalue weighted by Gasteiger charge is -2.11. The summed E-state index contributed by atoms with van der Waals surface area (Å²) in [5, 5.41) is 13.4. The van der Waals surface area contributed by atoms with Gasteiger partial charge < -0.3 is 15.4 Å². The minimum Gasteiger partial charge on any atom is -0.385 e. The van der Waals surface area contributed by atoms with Gasteiger partial charge in [-0.15, -0.1) is 0 Å². The molecule has 5 nitrogen and oxygen atoms in total. The van der Waals surface area contributed by atoms with E-state index in [-0.39, 0.29) is 5.43 Å². The van der Waals surface area contributed by atoms with Gasteiger partial charge in [0, 0.05) is 41.9 Å². The predicted molar refractivity (Wildman–Crippen MR) is 85.4 cm³/mol. The molecule has 0 bridgehead atoms. The first-order valence-electron chi connectivity index (χ1n) is 7.24. The van der Waals surface area contributed by atoms with Crippen molar-refractivity contribution in [2.75, 3.05) is 6.54 Å². The largest absolute Gasteiger partial charge is 0.385 e. The van der Waals surface area contributed by atoms with Crippen LogP contribution in [0.3, 0.4) is 0 Å². The van der Waals surface area contributed by atoms with Crippen LogP contribution in [0.25, 0.3) is 10.9 Å². The van der Waals surface area contributed by atoms with Crippen molar-refractivity contribution in [3.63, 3.8) is 0 Å². The Morgan fingerprint density at radius 2 is 2.13 bits per heavy atom. The summed E-state index contributed by atoms with van der Waals surface area (Å²) in [6.45, 7) is 0.687. The molecule has 2 heterocycles. The van der Waals surface area contributed by atoms with Crippen LogP contribution in [0.4, 0.5) is 4.39 Å². The maximum atomic E-state index is 13.2. The Bertz CT molecular complexity index is 865. The first kappa shape index (κ1) is 15.3. The van der Waals surface area contributed by atoms with Crippen LogP contribution in [-0.2, 0) is 6.54 Å². The molecule has 0 aliphatic rings. The van der Waals surface area contributed by atoms with Crippen LogP contribution in [0, 0.1) is 5.82 Å². The molecule has 3 rings (SSSR count). The van der Waals surface area contributed by atoms with E-state index in [0.29, 0.717) is 35.4 Å². The van der Waals surface area contributed by atoms with Gasteiger partial charge in [0.2, 0.25) is 0 Å². The lowest BCUT2D eigenvalue weighted by Crippen LogP contribution is -2.23. The molecule has 0 fully saturated rings. The summed E-state index contributed by atoms with van der Waals surface area (Å²) in [5.74, 6) is -0.438. The van der Waals surface area contributed by atoms with Gasteiger partial charge in [-0.25, -0.2) is 4.39 Å². The van der Waals surface area contributed by atoms with E-state index in [2.05, 4.69) is 15.3 Å². The molecule has 0 amide bonds. The summed E-state index contributed by atoms with van der Waals surface area (Å²) in [6.07, 6.45) is 0.899. The number of rotatable bonds is 5. The number of hydrogen-bond donors (Lipinski definition) is 3. The molecule has 0 radical (unpaired) electrons.